The Labute approximate surface area is 163 Å². The number of aromatic nitrogens is 2. The number of nitrogens with one attached hydrogen (secondary N) is 1. The van der Waals surface area contributed by atoms with E-state index in [1.807, 2.05) is 78.9 Å². The van der Waals surface area contributed by atoms with E-state index in [1.165, 1.54) is 4.68 Å². The molecule has 4 aromatic rings. The van der Waals surface area contributed by atoms with Gasteiger partial charge in [-0.3, -0.25) is 4.79 Å². The molecule has 0 spiro atoms. The van der Waals surface area contributed by atoms with Crippen LogP contribution in [0.4, 0.5) is 5.69 Å². The number of fused-ring (bicyclic) bond motifs is 1. The fraction of sp³-hybridized carbons (Fsp3) is 0.130. The molecule has 1 aromatic heterocycles. The normalized spacial score (nSPS) is 10.9. The number of anilines is 1. The molecule has 0 radical (unpaired) electrons. The molecular weight excluding hydrogens is 350 g/mol. The first-order chi connectivity index (χ1) is 13.8. The summed E-state index contributed by atoms with van der Waals surface area (Å²) in [5.74, 6) is 0. The summed E-state index contributed by atoms with van der Waals surface area (Å²) in [4.78, 5) is 13.1. The van der Waals surface area contributed by atoms with E-state index in [2.05, 4.69) is 5.32 Å². The van der Waals surface area contributed by atoms with Gasteiger partial charge in [0.2, 0.25) is 0 Å². The molecule has 0 aliphatic rings. The van der Waals surface area contributed by atoms with Crippen LogP contribution in [0.1, 0.15) is 0 Å². The molecule has 140 valence electrons. The van der Waals surface area contributed by atoms with E-state index in [1.54, 1.807) is 7.11 Å². The van der Waals surface area contributed by atoms with Gasteiger partial charge in [0.25, 0.3) is 5.56 Å². The molecule has 0 unspecified atom stereocenters. The van der Waals surface area contributed by atoms with Gasteiger partial charge in [-0.1, -0.05) is 54.6 Å². The van der Waals surface area contributed by atoms with Gasteiger partial charge < -0.3 is 10.1 Å². The number of nitrogens with zero attached hydrogens (tertiary/aromatic N) is 2. The van der Waals surface area contributed by atoms with E-state index in [9.17, 15) is 4.79 Å². The summed E-state index contributed by atoms with van der Waals surface area (Å²) in [6, 6.07) is 25.2. The fourth-order valence-electron chi connectivity index (χ4n) is 3.22. The molecule has 5 nitrogen and oxygen atoms in total. The lowest BCUT2D eigenvalue weighted by Gasteiger charge is -2.13. The third-order valence-electron chi connectivity index (χ3n) is 4.58. The van der Waals surface area contributed by atoms with Crippen molar-refractivity contribution in [1.82, 2.24) is 9.78 Å². The van der Waals surface area contributed by atoms with Gasteiger partial charge in [0.05, 0.1) is 23.4 Å². The van der Waals surface area contributed by atoms with Crippen LogP contribution < -0.4 is 10.9 Å². The topological polar surface area (TPSA) is 56.1 Å². The Morgan fingerprint density at radius 3 is 2.46 bits per heavy atom. The van der Waals surface area contributed by atoms with Crippen molar-refractivity contribution in [2.45, 2.75) is 0 Å². The minimum atomic E-state index is -0.135. The Balaban J connectivity index is 1.88. The van der Waals surface area contributed by atoms with Crippen molar-refractivity contribution in [3.05, 3.63) is 89.2 Å². The molecule has 0 aliphatic carbocycles. The Morgan fingerprint density at radius 1 is 0.929 bits per heavy atom. The maximum absolute atomic E-state index is 13.1. The molecule has 0 atom stereocenters. The van der Waals surface area contributed by atoms with Gasteiger partial charge in [0.1, 0.15) is 0 Å². The molecule has 28 heavy (non-hydrogen) atoms. The number of hydrogen-bond acceptors (Lipinski definition) is 4. The van der Waals surface area contributed by atoms with Crippen LogP contribution in [0.25, 0.3) is 27.7 Å². The summed E-state index contributed by atoms with van der Waals surface area (Å²) in [5, 5.41) is 9.52. The number of ether oxygens (including phenoxy) is 1. The molecule has 1 N–H and O–H groups in total. The molecule has 0 saturated carbocycles. The van der Waals surface area contributed by atoms with Crippen LogP contribution in [0.2, 0.25) is 0 Å². The summed E-state index contributed by atoms with van der Waals surface area (Å²) in [5.41, 5.74) is 3.26. The van der Waals surface area contributed by atoms with Gasteiger partial charge >= 0.3 is 0 Å². The molecular formula is C23H21N3O2. The van der Waals surface area contributed by atoms with Gasteiger partial charge in [0.15, 0.2) is 0 Å². The number of methoxy groups -OCH3 is 1. The van der Waals surface area contributed by atoms with Crippen molar-refractivity contribution in [3.8, 4) is 16.9 Å². The molecule has 0 saturated heterocycles. The van der Waals surface area contributed by atoms with Crippen LogP contribution in [0.5, 0.6) is 0 Å². The fourth-order valence-corrected chi connectivity index (χ4v) is 3.22. The highest BCUT2D eigenvalue weighted by Crippen LogP contribution is 2.25. The second kappa shape index (κ2) is 8.06. The molecule has 4 rings (SSSR count). The van der Waals surface area contributed by atoms with Crippen LogP contribution in [-0.4, -0.2) is 30.0 Å². The Bertz CT molecular complexity index is 1150. The zero-order valence-electron chi connectivity index (χ0n) is 15.6. The highest BCUT2D eigenvalue weighted by atomic mass is 16.5. The molecule has 5 heteroatoms. The summed E-state index contributed by atoms with van der Waals surface area (Å²) < 4.78 is 6.56. The monoisotopic (exact) mass is 371 g/mol. The smallest absolute Gasteiger partial charge is 0.279 e. The van der Waals surface area contributed by atoms with Gasteiger partial charge in [-0.2, -0.15) is 9.78 Å². The Kier molecular flexibility index (Phi) is 5.17. The summed E-state index contributed by atoms with van der Waals surface area (Å²) >= 11 is 0. The van der Waals surface area contributed by atoms with Crippen molar-refractivity contribution in [2.75, 3.05) is 25.6 Å². The lowest BCUT2D eigenvalue weighted by molar-refractivity contribution is 0.211. The summed E-state index contributed by atoms with van der Waals surface area (Å²) in [6.45, 7) is 1.30. The molecule has 3 aromatic carbocycles. The van der Waals surface area contributed by atoms with E-state index in [0.717, 1.165) is 28.0 Å². The van der Waals surface area contributed by atoms with Crippen molar-refractivity contribution in [1.29, 1.82) is 0 Å². The Morgan fingerprint density at radius 2 is 1.68 bits per heavy atom. The predicted octanol–water partition coefficient (Wildman–Crippen LogP) is 4.11. The van der Waals surface area contributed by atoms with Gasteiger partial charge in [-0.05, 0) is 24.3 Å². The van der Waals surface area contributed by atoms with Gasteiger partial charge in [-0.15, -0.1) is 0 Å². The van der Waals surface area contributed by atoms with Crippen LogP contribution in [0, 0.1) is 0 Å². The minimum absolute atomic E-state index is 0.135. The van der Waals surface area contributed by atoms with E-state index in [0.29, 0.717) is 18.5 Å². The predicted molar refractivity (Wildman–Crippen MR) is 113 cm³/mol. The second-order valence-electron chi connectivity index (χ2n) is 6.45. The maximum Gasteiger partial charge on any atom is 0.279 e. The van der Waals surface area contributed by atoms with Crippen LogP contribution in [0.15, 0.2) is 83.7 Å². The first-order valence-electron chi connectivity index (χ1n) is 9.18. The number of benzene rings is 3. The Hall–Kier alpha value is -3.44. The average Bonchev–Trinajstić information content (AvgIpc) is 2.75. The average molecular weight is 371 g/mol. The van der Waals surface area contributed by atoms with Gasteiger partial charge in [0, 0.05) is 30.3 Å². The highest BCUT2D eigenvalue weighted by molar-refractivity contribution is 5.93. The third kappa shape index (κ3) is 3.52. The zero-order chi connectivity index (χ0) is 19.3. The van der Waals surface area contributed by atoms with E-state index >= 15 is 0 Å². The SMILES string of the molecule is COCCNc1cccc(-n2nc(-c3ccccc3)c3ccccc3c2=O)c1. The standard InChI is InChI=1S/C23H21N3O2/c1-28-15-14-24-18-10-7-11-19(16-18)26-23(27)21-13-6-5-12-20(21)22(25-26)17-8-3-2-4-9-17/h2-13,16,24H,14-15H2,1H3. The van der Waals surface area contributed by atoms with Crippen molar-refractivity contribution in [3.63, 3.8) is 0 Å². The maximum atomic E-state index is 13.1. The molecule has 0 aliphatic heterocycles. The van der Waals surface area contributed by atoms with Crippen LogP contribution >= 0.6 is 0 Å². The highest BCUT2D eigenvalue weighted by Gasteiger charge is 2.13. The van der Waals surface area contributed by atoms with E-state index in [-0.39, 0.29) is 5.56 Å². The van der Waals surface area contributed by atoms with E-state index < -0.39 is 0 Å². The first kappa shape index (κ1) is 17.9. The number of rotatable bonds is 6. The molecule has 1 heterocycles. The lowest BCUT2D eigenvalue weighted by Crippen LogP contribution is -2.22. The van der Waals surface area contributed by atoms with E-state index in [4.69, 9.17) is 9.84 Å². The zero-order valence-corrected chi connectivity index (χ0v) is 15.6. The van der Waals surface area contributed by atoms with Crippen LogP contribution in [-0.2, 0) is 4.74 Å². The summed E-state index contributed by atoms with van der Waals surface area (Å²) in [7, 11) is 1.67. The van der Waals surface area contributed by atoms with Crippen molar-refractivity contribution in [2.24, 2.45) is 0 Å². The third-order valence-corrected chi connectivity index (χ3v) is 4.58. The molecule has 0 bridgehead atoms. The largest absolute Gasteiger partial charge is 0.383 e. The minimum Gasteiger partial charge on any atom is -0.383 e. The molecule has 0 amide bonds. The second-order valence-corrected chi connectivity index (χ2v) is 6.45. The van der Waals surface area contributed by atoms with Crippen molar-refractivity contribution < 1.29 is 4.74 Å². The van der Waals surface area contributed by atoms with Crippen LogP contribution in [0.3, 0.4) is 0 Å². The van der Waals surface area contributed by atoms with Gasteiger partial charge in [-0.25, -0.2) is 0 Å². The quantitative estimate of drug-likeness (QED) is 0.518. The molecule has 0 fully saturated rings. The first-order valence-corrected chi connectivity index (χ1v) is 9.18. The van der Waals surface area contributed by atoms with Crippen molar-refractivity contribution >= 4 is 16.5 Å². The lowest BCUT2D eigenvalue weighted by atomic mass is 10.1. The summed E-state index contributed by atoms with van der Waals surface area (Å²) in [6.07, 6.45) is 0. The number of hydrogen-bond donors (Lipinski definition) is 1.